The normalized spacial score (nSPS) is 21.5. The first-order chi connectivity index (χ1) is 11.5. The third kappa shape index (κ3) is 2.71. The van der Waals surface area contributed by atoms with Crippen LogP contribution in [0, 0.1) is 0 Å². The van der Waals surface area contributed by atoms with Crippen LogP contribution >= 0.6 is 0 Å². The van der Waals surface area contributed by atoms with E-state index in [0.717, 1.165) is 36.3 Å². The summed E-state index contributed by atoms with van der Waals surface area (Å²) in [6.45, 7) is 1.69. The van der Waals surface area contributed by atoms with E-state index in [2.05, 4.69) is 5.10 Å². The summed E-state index contributed by atoms with van der Waals surface area (Å²) >= 11 is 0. The van der Waals surface area contributed by atoms with Crippen LogP contribution in [0.3, 0.4) is 0 Å². The number of hydrogen-bond donors (Lipinski definition) is 0. The minimum Gasteiger partial charge on any atom is -0.493 e. The fraction of sp³-hybridized carbons (Fsp3) is 0.471. The molecule has 2 aliphatic rings. The molecule has 0 N–H and O–H groups in total. The third-order valence-corrected chi connectivity index (χ3v) is 6.70. The Bertz CT molecular complexity index is 860. The molecule has 7 heteroatoms. The van der Waals surface area contributed by atoms with Crippen molar-refractivity contribution in [2.45, 2.75) is 30.1 Å². The molecule has 1 atom stereocenters. The highest BCUT2D eigenvalue weighted by Crippen LogP contribution is 2.32. The first kappa shape index (κ1) is 15.7. The lowest BCUT2D eigenvalue weighted by atomic mass is 9.96. The van der Waals surface area contributed by atoms with Gasteiger partial charge in [-0.05, 0) is 42.7 Å². The van der Waals surface area contributed by atoms with Gasteiger partial charge in [0.05, 0.1) is 17.2 Å². The molecule has 0 amide bonds. The van der Waals surface area contributed by atoms with Crippen molar-refractivity contribution in [3.05, 3.63) is 41.7 Å². The van der Waals surface area contributed by atoms with E-state index >= 15 is 0 Å². The van der Waals surface area contributed by atoms with Crippen molar-refractivity contribution in [2.75, 3.05) is 19.7 Å². The molecule has 0 bridgehead atoms. The Morgan fingerprint density at radius 3 is 2.96 bits per heavy atom. The van der Waals surface area contributed by atoms with Gasteiger partial charge in [-0.1, -0.05) is 0 Å². The van der Waals surface area contributed by atoms with Crippen LogP contribution in [0.15, 0.2) is 35.4 Å². The summed E-state index contributed by atoms with van der Waals surface area (Å²) in [4.78, 5) is 0.369. The molecule has 128 valence electrons. The fourth-order valence-corrected chi connectivity index (χ4v) is 5.10. The maximum atomic E-state index is 13.0. The van der Waals surface area contributed by atoms with Crippen molar-refractivity contribution in [3.8, 4) is 5.75 Å². The summed E-state index contributed by atoms with van der Waals surface area (Å²) in [7, 11) is -1.59. The highest BCUT2D eigenvalue weighted by Gasteiger charge is 2.32. The van der Waals surface area contributed by atoms with Crippen LogP contribution in [0.25, 0.3) is 0 Å². The van der Waals surface area contributed by atoms with Gasteiger partial charge in [0.15, 0.2) is 0 Å². The molecule has 2 aliphatic heterocycles. The predicted molar refractivity (Wildman–Crippen MR) is 89.6 cm³/mol. The molecule has 0 unspecified atom stereocenters. The summed E-state index contributed by atoms with van der Waals surface area (Å²) in [5, 5.41) is 4.45. The number of aromatic nitrogens is 2. The van der Waals surface area contributed by atoms with Crippen LogP contribution < -0.4 is 4.74 Å². The van der Waals surface area contributed by atoms with E-state index in [1.165, 1.54) is 0 Å². The van der Waals surface area contributed by atoms with Gasteiger partial charge in [0.25, 0.3) is 0 Å². The van der Waals surface area contributed by atoms with Crippen LogP contribution in [0.2, 0.25) is 0 Å². The number of fused-ring (bicyclic) bond motifs is 1. The zero-order chi connectivity index (χ0) is 16.7. The van der Waals surface area contributed by atoms with Gasteiger partial charge in [-0.25, -0.2) is 8.42 Å². The Labute approximate surface area is 142 Å². The second-order valence-corrected chi connectivity index (χ2v) is 8.42. The van der Waals surface area contributed by atoms with E-state index < -0.39 is 10.0 Å². The second-order valence-electron chi connectivity index (χ2n) is 6.48. The number of nitrogens with zero attached hydrogens (tertiary/aromatic N) is 3. The van der Waals surface area contributed by atoms with Crippen LogP contribution in [-0.2, 0) is 23.5 Å². The monoisotopic (exact) mass is 347 g/mol. The number of sulfonamides is 1. The lowest BCUT2D eigenvalue weighted by molar-refractivity contribution is 0.312. The zero-order valence-electron chi connectivity index (χ0n) is 13.7. The number of hydrogen-bond acceptors (Lipinski definition) is 4. The predicted octanol–water partition coefficient (Wildman–Crippen LogP) is 1.92. The second kappa shape index (κ2) is 5.89. The van der Waals surface area contributed by atoms with Crippen molar-refractivity contribution in [2.24, 2.45) is 7.05 Å². The number of piperidine rings is 1. The van der Waals surface area contributed by atoms with Gasteiger partial charge in [0, 0.05) is 38.7 Å². The van der Waals surface area contributed by atoms with Crippen molar-refractivity contribution in [3.63, 3.8) is 0 Å². The molecule has 1 aromatic carbocycles. The molecular formula is C17H21N3O3S. The van der Waals surface area contributed by atoms with Crippen molar-refractivity contribution >= 4 is 10.0 Å². The highest BCUT2D eigenvalue weighted by molar-refractivity contribution is 7.89. The van der Waals surface area contributed by atoms with E-state index in [4.69, 9.17) is 4.74 Å². The summed E-state index contributed by atoms with van der Waals surface area (Å²) in [5.41, 5.74) is 1.95. The Hall–Kier alpha value is -1.86. The molecule has 6 nitrogen and oxygen atoms in total. The summed E-state index contributed by atoms with van der Waals surface area (Å²) in [5.74, 6) is 0.964. The van der Waals surface area contributed by atoms with Gasteiger partial charge in [0.1, 0.15) is 5.75 Å². The molecule has 0 aliphatic carbocycles. The lowest BCUT2D eigenvalue weighted by Gasteiger charge is -2.31. The lowest BCUT2D eigenvalue weighted by Crippen LogP contribution is -2.39. The van der Waals surface area contributed by atoms with Crippen molar-refractivity contribution in [1.29, 1.82) is 0 Å². The Morgan fingerprint density at radius 2 is 2.17 bits per heavy atom. The first-order valence-corrected chi connectivity index (χ1v) is 9.73. The molecule has 0 spiro atoms. The first-order valence-electron chi connectivity index (χ1n) is 8.29. The van der Waals surface area contributed by atoms with Crippen molar-refractivity contribution < 1.29 is 13.2 Å². The molecule has 0 radical (unpaired) electrons. The van der Waals surface area contributed by atoms with E-state index in [9.17, 15) is 8.42 Å². The molecule has 3 heterocycles. The Morgan fingerprint density at radius 1 is 1.29 bits per heavy atom. The summed E-state index contributed by atoms with van der Waals surface area (Å²) < 4.78 is 34.9. The van der Waals surface area contributed by atoms with E-state index in [1.807, 2.05) is 19.3 Å². The highest BCUT2D eigenvalue weighted by atomic mass is 32.2. The Kier molecular flexibility index (Phi) is 3.85. The number of rotatable bonds is 3. The van der Waals surface area contributed by atoms with E-state index in [-0.39, 0.29) is 5.92 Å². The van der Waals surface area contributed by atoms with Gasteiger partial charge >= 0.3 is 0 Å². The van der Waals surface area contributed by atoms with E-state index in [0.29, 0.717) is 24.6 Å². The largest absolute Gasteiger partial charge is 0.493 e. The molecule has 4 rings (SSSR count). The minimum absolute atomic E-state index is 0.160. The Balaban J connectivity index is 1.59. The molecule has 24 heavy (non-hydrogen) atoms. The molecule has 1 saturated heterocycles. The van der Waals surface area contributed by atoms with Crippen LogP contribution in [-0.4, -0.2) is 42.2 Å². The number of ether oxygens (including phenoxy) is 1. The van der Waals surface area contributed by atoms with Gasteiger partial charge in [-0.3, -0.25) is 4.68 Å². The summed E-state index contributed by atoms with van der Waals surface area (Å²) in [6, 6.07) is 7.18. The van der Waals surface area contributed by atoms with Gasteiger partial charge in [-0.15, -0.1) is 0 Å². The molecule has 0 saturated carbocycles. The average Bonchev–Trinajstić information content (AvgIpc) is 3.23. The quantitative estimate of drug-likeness (QED) is 0.851. The minimum atomic E-state index is -3.47. The van der Waals surface area contributed by atoms with Crippen LogP contribution in [0.1, 0.15) is 30.0 Å². The van der Waals surface area contributed by atoms with Gasteiger partial charge < -0.3 is 4.74 Å². The van der Waals surface area contributed by atoms with Crippen LogP contribution in [0.5, 0.6) is 5.75 Å². The third-order valence-electron chi connectivity index (χ3n) is 4.84. The smallest absolute Gasteiger partial charge is 0.243 e. The summed E-state index contributed by atoms with van der Waals surface area (Å²) in [6.07, 6.45) is 4.51. The van der Waals surface area contributed by atoms with E-state index in [1.54, 1.807) is 27.2 Å². The maximum Gasteiger partial charge on any atom is 0.243 e. The SMILES string of the molecule is Cn1ccc([C@H]2CCCN(S(=O)(=O)c3ccc4c(c3)CCO4)C2)n1. The fourth-order valence-electron chi connectivity index (χ4n) is 3.53. The zero-order valence-corrected chi connectivity index (χ0v) is 14.5. The number of aryl methyl sites for hydroxylation is 1. The molecule has 1 fully saturated rings. The van der Waals surface area contributed by atoms with Gasteiger partial charge in [0.2, 0.25) is 10.0 Å². The molecular weight excluding hydrogens is 326 g/mol. The van der Waals surface area contributed by atoms with Crippen LogP contribution in [0.4, 0.5) is 0 Å². The topological polar surface area (TPSA) is 64.4 Å². The number of benzene rings is 1. The molecule has 2 aromatic rings. The standard InChI is InChI=1S/C17H21N3O3S/c1-19-9-6-16(18-19)14-3-2-8-20(12-14)24(21,22)15-4-5-17-13(11-15)7-10-23-17/h4-6,9,11,14H,2-3,7-8,10,12H2,1H3/t14-/m0/s1. The van der Waals surface area contributed by atoms with Gasteiger partial charge in [-0.2, -0.15) is 9.40 Å². The average molecular weight is 347 g/mol. The van der Waals surface area contributed by atoms with Crippen molar-refractivity contribution in [1.82, 2.24) is 14.1 Å². The maximum absolute atomic E-state index is 13.0. The molecule has 1 aromatic heterocycles.